The maximum Gasteiger partial charge on any atom is 0.261 e. The topological polar surface area (TPSA) is 63.8 Å². The molecule has 1 N–H and O–H groups in total. The number of furan rings is 1. The number of rotatable bonds is 6. The molecule has 0 aliphatic carbocycles. The van der Waals surface area contributed by atoms with Gasteiger partial charge in [0.15, 0.2) is 6.61 Å². The van der Waals surface area contributed by atoms with E-state index in [4.69, 9.17) is 20.9 Å². The summed E-state index contributed by atoms with van der Waals surface area (Å²) < 4.78 is 5.19. The van der Waals surface area contributed by atoms with Crippen molar-refractivity contribution in [1.29, 1.82) is 0 Å². The Bertz CT molecular complexity index is 594. The van der Waals surface area contributed by atoms with Gasteiger partial charge in [0, 0.05) is 5.02 Å². The third-order valence-corrected chi connectivity index (χ3v) is 2.94. The molecule has 0 radical (unpaired) electrons. The number of halogens is 1. The smallest absolute Gasteiger partial charge is 0.261 e. The van der Waals surface area contributed by atoms with E-state index in [-0.39, 0.29) is 18.6 Å². The van der Waals surface area contributed by atoms with Crippen LogP contribution in [0.5, 0.6) is 0 Å². The Morgan fingerprint density at radius 1 is 1.43 bits per heavy atom. The molecule has 0 saturated heterocycles. The predicted octanol–water partition coefficient (Wildman–Crippen LogP) is 3.16. The predicted molar refractivity (Wildman–Crippen MR) is 80.3 cm³/mol. The average molecular weight is 307 g/mol. The Hall–Kier alpha value is -2.27. The zero-order valence-corrected chi connectivity index (χ0v) is 12.2. The van der Waals surface area contributed by atoms with Gasteiger partial charge in [0.05, 0.1) is 18.5 Å². The van der Waals surface area contributed by atoms with Gasteiger partial charge in [-0.3, -0.25) is 4.79 Å². The molecule has 1 aromatic heterocycles. The van der Waals surface area contributed by atoms with Gasteiger partial charge in [-0.25, -0.2) is 0 Å². The molecule has 1 amide bonds. The molecule has 1 atom stereocenters. The number of amides is 1. The summed E-state index contributed by atoms with van der Waals surface area (Å²) >= 11 is 5.77. The molecule has 2 rings (SSSR count). The van der Waals surface area contributed by atoms with E-state index in [1.807, 2.05) is 6.92 Å². The Morgan fingerprint density at radius 3 is 2.86 bits per heavy atom. The highest BCUT2D eigenvalue weighted by molar-refractivity contribution is 6.30. The first-order valence-corrected chi connectivity index (χ1v) is 6.76. The van der Waals surface area contributed by atoms with Gasteiger partial charge in [-0.1, -0.05) is 28.9 Å². The van der Waals surface area contributed by atoms with Crippen LogP contribution in [0.4, 0.5) is 0 Å². The minimum absolute atomic E-state index is 0.158. The number of benzene rings is 1. The van der Waals surface area contributed by atoms with Crippen LogP contribution in [0, 0.1) is 0 Å². The van der Waals surface area contributed by atoms with Gasteiger partial charge in [-0.05, 0) is 36.8 Å². The third-order valence-electron chi connectivity index (χ3n) is 2.69. The summed E-state index contributed by atoms with van der Waals surface area (Å²) in [4.78, 5) is 16.6. The largest absolute Gasteiger partial charge is 0.467 e. The lowest BCUT2D eigenvalue weighted by Crippen LogP contribution is -2.29. The summed E-state index contributed by atoms with van der Waals surface area (Å²) in [7, 11) is 0. The van der Waals surface area contributed by atoms with Crippen molar-refractivity contribution in [3.05, 3.63) is 59.0 Å². The van der Waals surface area contributed by atoms with Crippen molar-refractivity contribution in [2.75, 3.05) is 6.61 Å². The number of carbonyl (C=O) groups is 1. The Morgan fingerprint density at radius 2 is 2.19 bits per heavy atom. The first-order chi connectivity index (χ1) is 10.1. The normalized spacial score (nSPS) is 12.3. The van der Waals surface area contributed by atoms with Crippen LogP contribution in [0.1, 0.15) is 24.3 Å². The quantitative estimate of drug-likeness (QED) is 0.658. The van der Waals surface area contributed by atoms with E-state index in [1.54, 1.807) is 42.7 Å². The van der Waals surface area contributed by atoms with Crippen molar-refractivity contribution in [2.24, 2.45) is 5.16 Å². The van der Waals surface area contributed by atoms with Gasteiger partial charge in [-0.15, -0.1) is 0 Å². The van der Waals surface area contributed by atoms with Gasteiger partial charge >= 0.3 is 0 Å². The highest BCUT2D eigenvalue weighted by atomic mass is 35.5. The molecule has 6 heteroatoms. The van der Waals surface area contributed by atoms with Gasteiger partial charge < -0.3 is 14.6 Å². The second-order valence-corrected chi connectivity index (χ2v) is 4.80. The summed E-state index contributed by atoms with van der Waals surface area (Å²) in [5, 5.41) is 7.12. The molecule has 0 fully saturated rings. The Kier molecular flexibility index (Phi) is 5.40. The average Bonchev–Trinajstić information content (AvgIpc) is 3.00. The fourth-order valence-electron chi connectivity index (χ4n) is 1.63. The van der Waals surface area contributed by atoms with E-state index in [1.165, 1.54) is 6.21 Å². The van der Waals surface area contributed by atoms with Crippen LogP contribution < -0.4 is 5.32 Å². The molecule has 0 aliphatic heterocycles. The van der Waals surface area contributed by atoms with Crippen LogP contribution in [0.25, 0.3) is 0 Å². The summed E-state index contributed by atoms with van der Waals surface area (Å²) in [5.74, 6) is 0.417. The molecule has 1 unspecified atom stereocenters. The van der Waals surface area contributed by atoms with Crippen LogP contribution in [0.3, 0.4) is 0 Å². The second-order valence-electron chi connectivity index (χ2n) is 4.36. The highest BCUT2D eigenvalue weighted by Crippen LogP contribution is 2.11. The number of nitrogens with zero attached hydrogens (tertiary/aromatic N) is 1. The molecular weight excluding hydrogens is 292 g/mol. The number of hydrogen-bond donors (Lipinski definition) is 1. The van der Waals surface area contributed by atoms with Crippen LogP contribution in [-0.4, -0.2) is 18.7 Å². The van der Waals surface area contributed by atoms with Gasteiger partial charge in [0.25, 0.3) is 5.91 Å². The van der Waals surface area contributed by atoms with E-state index < -0.39 is 0 Å². The zero-order chi connectivity index (χ0) is 15.1. The van der Waals surface area contributed by atoms with Gasteiger partial charge in [-0.2, -0.15) is 0 Å². The van der Waals surface area contributed by atoms with E-state index in [0.717, 1.165) is 5.56 Å². The lowest BCUT2D eigenvalue weighted by Gasteiger charge is -2.10. The lowest BCUT2D eigenvalue weighted by atomic mass is 10.2. The summed E-state index contributed by atoms with van der Waals surface area (Å²) in [6.45, 7) is 1.67. The monoisotopic (exact) mass is 306 g/mol. The minimum Gasteiger partial charge on any atom is -0.467 e. The molecule has 110 valence electrons. The first kappa shape index (κ1) is 15.1. The maximum absolute atomic E-state index is 11.6. The fourth-order valence-corrected chi connectivity index (χ4v) is 1.76. The van der Waals surface area contributed by atoms with E-state index >= 15 is 0 Å². The highest BCUT2D eigenvalue weighted by Gasteiger charge is 2.11. The molecule has 5 nitrogen and oxygen atoms in total. The molecule has 0 spiro atoms. The molecule has 2 aromatic rings. The molecule has 21 heavy (non-hydrogen) atoms. The van der Waals surface area contributed by atoms with Crippen molar-refractivity contribution >= 4 is 23.7 Å². The summed E-state index contributed by atoms with van der Waals surface area (Å²) in [6.07, 6.45) is 3.07. The van der Waals surface area contributed by atoms with Crippen LogP contribution >= 0.6 is 11.6 Å². The number of oxime groups is 1. The molecular formula is C15H15ClN2O3. The second kappa shape index (κ2) is 7.50. The van der Waals surface area contributed by atoms with Crippen molar-refractivity contribution < 1.29 is 14.0 Å². The summed E-state index contributed by atoms with van der Waals surface area (Å²) in [5.41, 5.74) is 0.837. The number of carbonyl (C=O) groups excluding carboxylic acids is 1. The number of nitrogens with one attached hydrogen (secondary N) is 1. The van der Waals surface area contributed by atoms with Crippen LogP contribution in [-0.2, 0) is 9.63 Å². The lowest BCUT2D eigenvalue weighted by molar-refractivity contribution is -0.126. The third kappa shape index (κ3) is 4.96. The van der Waals surface area contributed by atoms with Gasteiger partial charge in [0.1, 0.15) is 5.76 Å². The van der Waals surface area contributed by atoms with Crippen molar-refractivity contribution in [3.63, 3.8) is 0 Å². The van der Waals surface area contributed by atoms with Crippen molar-refractivity contribution in [3.8, 4) is 0 Å². The van der Waals surface area contributed by atoms with Crippen LogP contribution in [0.2, 0.25) is 5.02 Å². The fraction of sp³-hybridized carbons (Fsp3) is 0.200. The SMILES string of the molecule is CC(NC(=O)CO/N=C/c1ccc(Cl)cc1)c1ccco1. The van der Waals surface area contributed by atoms with Crippen LogP contribution in [0.15, 0.2) is 52.2 Å². The first-order valence-electron chi connectivity index (χ1n) is 6.39. The molecule has 0 saturated carbocycles. The van der Waals surface area contributed by atoms with E-state index in [0.29, 0.717) is 10.8 Å². The van der Waals surface area contributed by atoms with Gasteiger partial charge in [0.2, 0.25) is 0 Å². The molecule has 0 aliphatic rings. The molecule has 1 aromatic carbocycles. The summed E-state index contributed by atoms with van der Waals surface area (Å²) in [6, 6.07) is 10.5. The van der Waals surface area contributed by atoms with Crippen molar-refractivity contribution in [1.82, 2.24) is 5.32 Å². The van der Waals surface area contributed by atoms with E-state index in [2.05, 4.69) is 10.5 Å². The Labute approximate surface area is 127 Å². The Balaban J connectivity index is 1.73. The maximum atomic E-state index is 11.6. The minimum atomic E-state index is -0.271. The van der Waals surface area contributed by atoms with Crippen molar-refractivity contribution in [2.45, 2.75) is 13.0 Å². The number of hydrogen-bond acceptors (Lipinski definition) is 4. The molecule has 0 bridgehead atoms. The van der Waals surface area contributed by atoms with E-state index in [9.17, 15) is 4.79 Å². The standard InChI is InChI=1S/C15H15ClN2O3/c1-11(14-3-2-8-20-14)18-15(19)10-21-17-9-12-4-6-13(16)7-5-12/h2-9,11H,10H2,1H3,(H,18,19)/b17-9+. The molecule has 1 heterocycles. The zero-order valence-electron chi connectivity index (χ0n) is 11.5.